The third-order valence-corrected chi connectivity index (χ3v) is 3.85. The minimum atomic E-state index is -0.124. The van der Waals surface area contributed by atoms with Crippen LogP contribution in [-0.4, -0.2) is 10.1 Å². The molecule has 0 radical (unpaired) electrons. The van der Waals surface area contributed by atoms with Crippen molar-refractivity contribution in [3.05, 3.63) is 47.6 Å². The van der Waals surface area contributed by atoms with Gasteiger partial charge in [0, 0.05) is 5.92 Å². The maximum atomic E-state index is 6.09. The van der Waals surface area contributed by atoms with Gasteiger partial charge in [0.1, 0.15) is 0 Å². The Morgan fingerprint density at radius 1 is 1.25 bits per heavy atom. The second kappa shape index (κ2) is 5.37. The van der Waals surface area contributed by atoms with Crippen molar-refractivity contribution in [3.8, 4) is 0 Å². The lowest BCUT2D eigenvalue weighted by Gasteiger charge is -2.08. The predicted octanol–water partition coefficient (Wildman–Crippen LogP) is 3.39. The monoisotopic (exact) mass is 271 g/mol. The molecule has 3 rings (SSSR count). The molecule has 1 aromatic carbocycles. The zero-order chi connectivity index (χ0) is 14.1. The zero-order valence-corrected chi connectivity index (χ0v) is 12.0. The van der Waals surface area contributed by atoms with E-state index in [1.807, 2.05) is 6.07 Å². The van der Waals surface area contributed by atoms with E-state index in [2.05, 4.69) is 48.3 Å². The van der Waals surface area contributed by atoms with E-state index in [4.69, 9.17) is 10.3 Å². The van der Waals surface area contributed by atoms with Gasteiger partial charge in [0.05, 0.1) is 6.04 Å². The van der Waals surface area contributed by atoms with Crippen LogP contribution in [0.25, 0.3) is 0 Å². The van der Waals surface area contributed by atoms with Crippen molar-refractivity contribution < 1.29 is 4.52 Å². The largest absolute Gasteiger partial charge is 0.339 e. The van der Waals surface area contributed by atoms with Crippen molar-refractivity contribution in [2.45, 2.75) is 44.6 Å². The molecule has 0 amide bonds. The second-order valence-electron chi connectivity index (χ2n) is 6.09. The molecule has 1 fully saturated rings. The molecule has 3 atom stereocenters. The van der Waals surface area contributed by atoms with Crippen molar-refractivity contribution in [3.63, 3.8) is 0 Å². The van der Waals surface area contributed by atoms with Gasteiger partial charge < -0.3 is 10.3 Å². The van der Waals surface area contributed by atoms with Gasteiger partial charge in [-0.3, -0.25) is 0 Å². The number of nitrogens with two attached hydrogens (primary N) is 1. The highest BCUT2D eigenvalue weighted by Gasteiger charge is 2.43. The molecule has 0 bridgehead atoms. The summed E-state index contributed by atoms with van der Waals surface area (Å²) in [6.45, 7) is 4.29. The van der Waals surface area contributed by atoms with E-state index in [1.165, 1.54) is 5.56 Å². The van der Waals surface area contributed by atoms with Gasteiger partial charge in [-0.15, -0.1) is 0 Å². The van der Waals surface area contributed by atoms with Crippen LogP contribution in [0.5, 0.6) is 0 Å². The molecule has 4 heteroatoms. The van der Waals surface area contributed by atoms with Gasteiger partial charge in [-0.1, -0.05) is 49.3 Å². The fourth-order valence-corrected chi connectivity index (χ4v) is 2.70. The second-order valence-corrected chi connectivity index (χ2v) is 6.09. The Kier molecular flexibility index (Phi) is 3.57. The summed E-state index contributed by atoms with van der Waals surface area (Å²) in [5.74, 6) is 2.81. The van der Waals surface area contributed by atoms with E-state index in [9.17, 15) is 0 Å². The van der Waals surface area contributed by atoms with Crippen LogP contribution in [0, 0.1) is 5.92 Å². The van der Waals surface area contributed by atoms with Crippen molar-refractivity contribution in [2.24, 2.45) is 11.7 Å². The molecule has 2 N–H and O–H groups in total. The molecule has 0 aliphatic heterocycles. The van der Waals surface area contributed by atoms with Crippen LogP contribution in [-0.2, 0) is 0 Å². The highest BCUT2D eigenvalue weighted by Crippen LogP contribution is 2.54. The first-order chi connectivity index (χ1) is 9.65. The van der Waals surface area contributed by atoms with Crippen LogP contribution < -0.4 is 5.73 Å². The zero-order valence-electron chi connectivity index (χ0n) is 12.0. The summed E-state index contributed by atoms with van der Waals surface area (Å²) >= 11 is 0. The van der Waals surface area contributed by atoms with E-state index in [0.717, 1.165) is 18.7 Å². The summed E-state index contributed by atoms with van der Waals surface area (Å²) in [5.41, 5.74) is 7.44. The molecule has 1 unspecified atom stereocenters. The Hall–Kier alpha value is -1.68. The van der Waals surface area contributed by atoms with Crippen LogP contribution in [0.4, 0.5) is 0 Å². The molecule has 1 aromatic heterocycles. The SMILES string of the molecule is CC(C)CC(N)c1noc([C@H]2C[C@@H]2c2ccccc2)n1. The predicted molar refractivity (Wildman–Crippen MR) is 77.2 cm³/mol. The first kappa shape index (κ1) is 13.3. The molecule has 20 heavy (non-hydrogen) atoms. The third-order valence-electron chi connectivity index (χ3n) is 3.85. The summed E-state index contributed by atoms with van der Waals surface area (Å²) < 4.78 is 5.40. The highest BCUT2D eigenvalue weighted by molar-refractivity contribution is 5.30. The molecular formula is C16H21N3O. The number of hydrogen-bond acceptors (Lipinski definition) is 4. The minimum Gasteiger partial charge on any atom is -0.339 e. The van der Waals surface area contributed by atoms with E-state index < -0.39 is 0 Å². The maximum absolute atomic E-state index is 6.09. The molecule has 4 nitrogen and oxygen atoms in total. The third kappa shape index (κ3) is 2.75. The van der Waals surface area contributed by atoms with Gasteiger partial charge in [-0.05, 0) is 30.2 Å². The van der Waals surface area contributed by atoms with Crippen LogP contribution in [0.15, 0.2) is 34.9 Å². The Morgan fingerprint density at radius 3 is 2.70 bits per heavy atom. The van der Waals surface area contributed by atoms with Gasteiger partial charge in [-0.25, -0.2) is 0 Å². The number of nitrogens with zero attached hydrogens (tertiary/aromatic N) is 2. The first-order valence-electron chi connectivity index (χ1n) is 7.29. The standard InChI is InChI=1S/C16H21N3O/c1-10(2)8-14(17)15-18-16(20-19-15)13-9-12(13)11-6-4-3-5-7-11/h3-7,10,12-14H,8-9,17H2,1-2H3/t12-,13+,14?/m1/s1. The molecule has 0 saturated heterocycles. The normalized spacial score (nSPS) is 23.0. The molecule has 0 spiro atoms. The van der Waals surface area contributed by atoms with Crippen molar-refractivity contribution in [2.75, 3.05) is 0 Å². The van der Waals surface area contributed by atoms with Gasteiger partial charge in [0.15, 0.2) is 5.82 Å². The summed E-state index contributed by atoms with van der Waals surface area (Å²) in [6, 6.07) is 10.4. The van der Waals surface area contributed by atoms with Crippen LogP contribution in [0.1, 0.15) is 61.8 Å². The van der Waals surface area contributed by atoms with E-state index in [0.29, 0.717) is 23.6 Å². The molecular weight excluding hydrogens is 250 g/mol. The Bertz CT molecular complexity index is 564. The van der Waals surface area contributed by atoms with Crippen molar-refractivity contribution in [1.82, 2.24) is 10.1 Å². The average Bonchev–Trinajstić information content (AvgIpc) is 3.08. The molecule has 1 heterocycles. The Balaban J connectivity index is 1.67. The fraction of sp³-hybridized carbons (Fsp3) is 0.500. The lowest BCUT2D eigenvalue weighted by molar-refractivity contribution is 0.365. The van der Waals surface area contributed by atoms with Gasteiger partial charge in [0.25, 0.3) is 0 Å². The smallest absolute Gasteiger partial charge is 0.230 e. The van der Waals surface area contributed by atoms with Gasteiger partial charge >= 0.3 is 0 Å². The number of aromatic nitrogens is 2. The van der Waals surface area contributed by atoms with Crippen molar-refractivity contribution >= 4 is 0 Å². The lowest BCUT2D eigenvalue weighted by atomic mass is 10.0. The van der Waals surface area contributed by atoms with Crippen LogP contribution >= 0.6 is 0 Å². The first-order valence-corrected chi connectivity index (χ1v) is 7.29. The fourth-order valence-electron chi connectivity index (χ4n) is 2.70. The molecule has 2 aromatic rings. The summed E-state index contributed by atoms with van der Waals surface area (Å²) in [4.78, 5) is 4.50. The summed E-state index contributed by atoms with van der Waals surface area (Å²) in [5, 5.41) is 4.05. The molecule has 1 saturated carbocycles. The quantitative estimate of drug-likeness (QED) is 0.905. The van der Waals surface area contributed by atoms with E-state index in [1.54, 1.807) is 0 Å². The number of hydrogen-bond donors (Lipinski definition) is 1. The van der Waals surface area contributed by atoms with E-state index >= 15 is 0 Å². The number of benzene rings is 1. The summed E-state index contributed by atoms with van der Waals surface area (Å²) in [6.07, 6.45) is 1.97. The van der Waals surface area contributed by atoms with Crippen molar-refractivity contribution in [1.29, 1.82) is 0 Å². The van der Waals surface area contributed by atoms with Crippen LogP contribution in [0.3, 0.4) is 0 Å². The highest BCUT2D eigenvalue weighted by atomic mass is 16.5. The maximum Gasteiger partial charge on any atom is 0.230 e. The van der Waals surface area contributed by atoms with Crippen LogP contribution in [0.2, 0.25) is 0 Å². The van der Waals surface area contributed by atoms with Gasteiger partial charge in [-0.2, -0.15) is 4.98 Å². The molecule has 1 aliphatic rings. The molecule has 106 valence electrons. The Morgan fingerprint density at radius 2 is 2.00 bits per heavy atom. The minimum absolute atomic E-state index is 0.124. The topological polar surface area (TPSA) is 64.9 Å². The Labute approximate surface area is 119 Å². The summed E-state index contributed by atoms with van der Waals surface area (Å²) in [7, 11) is 0. The van der Waals surface area contributed by atoms with E-state index in [-0.39, 0.29) is 6.04 Å². The lowest BCUT2D eigenvalue weighted by Crippen LogP contribution is -2.14. The number of rotatable bonds is 5. The van der Waals surface area contributed by atoms with Gasteiger partial charge in [0.2, 0.25) is 5.89 Å². The molecule has 1 aliphatic carbocycles. The average molecular weight is 271 g/mol.